The molecule has 10 nitrogen and oxygen atoms in total. The normalized spacial score (nSPS) is 20.3. The van der Waals surface area contributed by atoms with Gasteiger partial charge in [-0.2, -0.15) is 0 Å². The Balaban J connectivity index is 2.26. The first kappa shape index (κ1) is 63.6. The van der Waals surface area contributed by atoms with Gasteiger partial charge in [0, 0.05) is 0 Å². The highest BCUT2D eigenvalue weighted by atomic mass is 16.7. The molecule has 0 bridgehead atoms. The Morgan fingerprint density at radius 2 is 0.866 bits per heavy atom. The van der Waals surface area contributed by atoms with Crippen LogP contribution in [0, 0.1) is 0 Å². The van der Waals surface area contributed by atoms with Gasteiger partial charge >= 0.3 is 0 Å². The predicted molar refractivity (Wildman–Crippen MR) is 278 cm³/mol. The van der Waals surface area contributed by atoms with Gasteiger partial charge in [-0.15, -0.1) is 0 Å². The molecule has 10 heteroatoms. The molecule has 67 heavy (non-hydrogen) atoms. The number of ether oxygens (including phenoxy) is 2. The Hall–Kier alpha value is -1.37. The molecule has 1 saturated heterocycles. The van der Waals surface area contributed by atoms with Crippen molar-refractivity contribution in [1.82, 2.24) is 5.32 Å². The van der Waals surface area contributed by atoms with Crippen LogP contribution in [0.3, 0.4) is 0 Å². The monoisotopic (exact) mass is 952 g/mol. The Morgan fingerprint density at radius 3 is 1.25 bits per heavy atom. The molecular weight excluding hydrogens is 843 g/mol. The van der Waals surface area contributed by atoms with Gasteiger partial charge in [0.25, 0.3) is 0 Å². The number of nitrogens with one attached hydrogen (secondary N) is 1. The van der Waals surface area contributed by atoms with E-state index in [0.29, 0.717) is 12.8 Å². The smallest absolute Gasteiger partial charge is 0.249 e. The van der Waals surface area contributed by atoms with Crippen LogP contribution in [0.25, 0.3) is 0 Å². The molecule has 1 aliphatic rings. The van der Waals surface area contributed by atoms with Crippen molar-refractivity contribution in [2.75, 3.05) is 13.2 Å². The first-order valence-corrected chi connectivity index (χ1v) is 28.7. The predicted octanol–water partition coefficient (Wildman–Crippen LogP) is 12.8. The Labute approximate surface area is 411 Å². The molecule has 396 valence electrons. The van der Waals surface area contributed by atoms with E-state index in [1.807, 2.05) is 6.08 Å². The van der Waals surface area contributed by atoms with Crippen molar-refractivity contribution in [1.29, 1.82) is 0 Å². The number of hydrogen-bond donors (Lipinski definition) is 7. The van der Waals surface area contributed by atoms with Gasteiger partial charge in [-0.1, -0.05) is 250 Å². The zero-order valence-corrected chi connectivity index (χ0v) is 43.5. The molecule has 1 aliphatic heterocycles. The van der Waals surface area contributed by atoms with Gasteiger partial charge < -0.3 is 45.4 Å². The lowest BCUT2D eigenvalue weighted by Crippen LogP contribution is -2.60. The maximum atomic E-state index is 13.1. The van der Waals surface area contributed by atoms with Gasteiger partial charge in [0.05, 0.1) is 25.4 Å². The van der Waals surface area contributed by atoms with Crippen LogP contribution in [0.1, 0.15) is 271 Å². The molecule has 0 radical (unpaired) electrons. The summed E-state index contributed by atoms with van der Waals surface area (Å²) in [5.41, 5.74) is 0. The summed E-state index contributed by atoms with van der Waals surface area (Å²) in [5.74, 6) is -0.614. The van der Waals surface area contributed by atoms with Crippen LogP contribution in [0.2, 0.25) is 0 Å². The highest BCUT2D eigenvalue weighted by Crippen LogP contribution is 2.23. The summed E-state index contributed by atoms with van der Waals surface area (Å²) in [6.45, 7) is 3.64. The molecule has 0 spiro atoms. The molecule has 8 unspecified atom stereocenters. The minimum absolute atomic E-state index is 0.304. The maximum absolute atomic E-state index is 13.1. The third-order valence-corrected chi connectivity index (χ3v) is 13.9. The largest absolute Gasteiger partial charge is 0.394 e. The van der Waals surface area contributed by atoms with Crippen LogP contribution in [0.5, 0.6) is 0 Å². The van der Waals surface area contributed by atoms with Gasteiger partial charge in [-0.3, -0.25) is 4.79 Å². The minimum Gasteiger partial charge on any atom is -0.394 e. The molecule has 0 aliphatic carbocycles. The van der Waals surface area contributed by atoms with Crippen molar-refractivity contribution in [3.8, 4) is 0 Å². The average molecular weight is 952 g/mol. The molecule has 0 aromatic rings. The Kier molecular flexibility index (Phi) is 44.6. The fourth-order valence-electron chi connectivity index (χ4n) is 9.22. The second-order valence-electron chi connectivity index (χ2n) is 20.2. The SMILES string of the molecule is CCCCCCCCCCCCCC/C=C\CCCCCCCCCCCC(O)C(=O)NC(COC1OC(CO)C(O)C(O)C1O)C(O)/C=C/CCCCCCCCCCCCCCCCC. The number of aliphatic hydroxyl groups is 6. The molecule has 0 saturated carbocycles. The van der Waals surface area contributed by atoms with Gasteiger partial charge in [0.2, 0.25) is 5.91 Å². The number of carbonyl (C=O) groups is 1. The molecule has 1 amide bonds. The summed E-state index contributed by atoms with van der Waals surface area (Å²) in [7, 11) is 0. The van der Waals surface area contributed by atoms with E-state index in [1.165, 1.54) is 205 Å². The van der Waals surface area contributed by atoms with E-state index in [4.69, 9.17) is 9.47 Å². The second kappa shape index (κ2) is 47.0. The fraction of sp³-hybridized carbons (Fsp3) is 0.912. The zero-order valence-electron chi connectivity index (χ0n) is 43.5. The molecule has 0 aromatic carbocycles. The number of rotatable bonds is 49. The molecule has 1 fully saturated rings. The number of allylic oxidation sites excluding steroid dienone is 3. The van der Waals surface area contributed by atoms with E-state index in [9.17, 15) is 35.4 Å². The van der Waals surface area contributed by atoms with Gasteiger partial charge in [-0.05, 0) is 44.9 Å². The minimum atomic E-state index is -1.61. The highest BCUT2D eigenvalue weighted by Gasteiger charge is 2.44. The fourth-order valence-corrected chi connectivity index (χ4v) is 9.22. The van der Waals surface area contributed by atoms with Crippen LogP contribution < -0.4 is 5.32 Å². The van der Waals surface area contributed by atoms with Gasteiger partial charge in [0.1, 0.15) is 30.5 Å². The number of amides is 1. The quantitative estimate of drug-likeness (QED) is 0.0232. The second-order valence-corrected chi connectivity index (χ2v) is 20.2. The standard InChI is InChI=1S/C57H109NO9/c1-3-5-7-9-11-13-15-17-19-21-22-23-24-25-26-27-28-30-32-34-36-38-40-42-44-46-51(61)56(65)58-49(48-66-57-55(64)54(63)53(62)52(47-59)67-57)50(60)45-43-41-39-37-35-33-31-29-20-18-16-14-12-10-8-6-4-2/h25-26,43,45,49-55,57,59-64H,3-24,27-42,44,46-48H2,1-2H3,(H,58,65)/b26-25-,45-43+. The van der Waals surface area contributed by atoms with E-state index in [0.717, 1.165) is 38.5 Å². The zero-order chi connectivity index (χ0) is 48.8. The molecule has 0 aromatic heterocycles. The summed E-state index contributed by atoms with van der Waals surface area (Å²) in [6.07, 6.45) is 48.5. The summed E-state index contributed by atoms with van der Waals surface area (Å²) >= 11 is 0. The van der Waals surface area contributed by atoms with E-state index in [-0.39, 0.29) is 6.61 Å². The highest BCUT2D eigenvalue weighted by molar-refractivity contribution is 5.80. The third kappa shape index (κ3) is 36.2. The van der Waals surface area contributed by atoms with Crippen molar-refractivity contribution >= 4 is 5.91 Å². The molecule has 8 atom stereocenters. The number of unbranched alkanes of at least 4 members (excludes halogenated alkanes) is 36. The average Bonchev–Trinajstić information content (AvgIpc) is 3.33. The van der Waals surface area contributed by atoms with Crippen LogP contribution in [0.4, 0.5) is 0 Å². The lowest BCUT2D eigenvalue weighted by molar-refractivity contribution is -0.302. The lowest BCUT2D eigenvalue weighted by Gasteiger charge is -2.40. The summed E-state index contributed by atoms with van der Waals surface area (Å²) in [6, 6.07) is -0.980. The van der Waals surface area contributed by atoms with Gasteiger partial charge in [-0.25, -0.2) is 0 Å². The van der Waals surface area contributed by atoms with Crippen molar-refractivity contribution < 1.29 is 44.9 Å². The molecule has 7 N–H and O–H groups in total. The molecule has 1 rings (SSSR count). The topological polar surface area (TPSA) is 169 Å². The van der Waals surface area contributed by atoms with Gasteiger partial charge in [0.15, 0.2) is 6.29 Å². The number of hydrogen-bond acceptors (Lipinski definition) is 9. The number of carbonyl (C=O) groups excluding carboxylic acids is 1. The van der Waals surface area contributed by atoms with Crippen LogP contribution in [-0.2, 0) is 14.3 Å². The van der Waals surface area contributed by atoms with E-state index in [1.54, 1.807) is 6.08 Å². The van der Waals surface area contributed by atoms with Crippen molar-refractivity contribution in [2.24, 2.45) is 0 Å². The van der Waals surface area contributed by atoms with Crippen LogP contribution >= 0.6 is 0 Å². The van der Waals surface area contributed by atoms with Crippen LogP contribution in [0.15, 0.2) is 24.3 Å². The first-order chi connectivity index (χ1) is 32.8. The van der Waals surface area contributed by atoms with E-state index < -0.39 is 61.5 Å². The van der Waals surface area contributed by atoms with Crippen LogP contribution in [-0.4, -0.2) is 98.7 Å². The molecular formula is C57H109NO9. The Morgan fingerprint density at radius 1 is 0.507 bits per heavy atom. The summed E-state index contributed by atoms with van der Waals surface area (Å²) in [4.78, 5) is 13.1. The van der Waals surface area contributed by atoms with E-state index in [2.05, 4.69) is 31.3 Å². The Bertz CT molecular complexity index is 1120. The summed E-state index contributed by atoms with van der Waals surface area (Å²) < 4.78 is 11.2. The maximum Gasteiger partial charge on any atom is 0.249 e. The van der Waals surface area contributed by atoms with Crippen molar-refractivity contribution in [2.45, 2.75) is 320 Å². The molecule has 1 heterocycles. The van der Waals surface area contributed by atoms with E-state index >= 15 is 0 Å². The van der Waals surface area contributed by atoms with Crippen molar-refractivity contribution in [3.05, 3.63) is 24.3 Å². The lowest BCUT2D eigenvalue weighted by atomic mass is 9.99. The number of aliphatic hydroxyl groups excluding tert-OH is 6. The van der Waals surface area contributed by atoms with Crippen molar-refractivity contribution in [3.63, 3.8) is 0 Å². The first-order valence-electron chi connectivity index (χ1n) is 28.7. The third-order valence-electron chi connectivity index (χ3n) is 13.9. The summed E-state index contributed by atoms with van der Waals surface area (Å²) in [5, 5.41) is 65.0.